The Bertz CT molecular complexity index is 996. The number of hydrogen-bond acceptors (Lipinski definition) is 5. The van der Waals surface area contributed by atoms with Crippen LogP contribution < -0.4 is 18.9 Å². The van der Waals surface area contributed by atoms with Crippen LogP contribution in [0.3, 0.4) is 0 Å². The summed E-state index contributed by atoms with van der Waals surface area (Å²) in [5.74, 6) is 2.97. The number of aromatic nitrogens is 1. The van der Waals surface area contributed by atoms with Crippen LogP contribution in [0.5, 0.6) is 23.0 Å². The van der Waals surface area contributed by atoms with Crippen molar-refractivity contribution < 1.29 is 18.9 Å². The van der Waals surface area contributed by atoms with E-state index >= 15 is 0 Å². The summed E-state index contributed by atoms with van der Waals surface area (Å²) in [6.07, 6.45) is 3.63. The predicted molar refractivity (Wildman–Crippen MR) is 89.5 cm³/mol. The summed E-state index contributed by atoms with van der Waals surface area (Å²) in [5, 5.41) is 2.04. The van der Waals surface area contributed by atoms with Crippen molar-refractivity contribution in [2.24, 2.45) is 0 Å². The molecule has 24 heavy (non-hydrogen) atoms. The first-order valence-electron chi connectivity index (χ1n) is 7.58. The van der Waals surface area contributed by atoms with Gasteiger partial charge in [0.05, 0.1) is 5.69 Å². The van der Waals surface area contributed by atoms with Crippen LogP contribution in [0.15, 0.2) is 43.1 Å². The van der Waals surface area contributed by atoms with Gasteiger partial charge in [-0.1, -0.05) is 12.7 Å². The molecule has 5 rings (SSSR count). The lowest BCUT2D eigenvalue weighted by Gasteiger charge is -2.09. The predicted octanol–water partition coefficient (Wildman–Crippen LogP) is 4.00. The lowest BCUT2D eigenvalue weighted by molar-refractivity contribution is 0.173. The number of nitrogens with zero attached hydrogens (tertiary/aromatic N) is 1. The van der Waals surface area contributed by atoms with Crippen molar-refractivity contribution in [1.82, 2.24) is 4.98 Å². The van der Waals surface area contributed by atoms with Gasteiger partial charge in [-0.15, -0.1) is 0 Å². The minimum atomic E-state index is 0.240. The fourth-order valence-electron chi connectivity index (χ4n) is 3.03. The summed E-state index contributed by atoms with van der Waals surface area (Å²) >= 11 is 0. The number of pyridine rings is 1. The monoisotopic (exact) mass is 319 g/mol. The Kier molecular flexibility index (Phi) is 2.70. The van der Waals surface area contributed by atoms with E-state index in [1.54, 1.807) is 6.08 Å². The van der Waals surface area contributed by atoms with Crippen molar-refractivity contribution in [3.05, 3.63) is 48.7 Å². The molecule has 0 saturated carbocycles. The molecular formula is C19H13NO4. The Morgan fingerprint density at radius 3 is 2.12 bits per heavy atom. The van der Waals surface area contributed by atoms with E-state index in [1.807, 2.05) is 36.5 Å². The summed E-state index contributed by atoms with van der Waals surface area (Å²) < 4.78 is 21.8. The SMILES string of the molecule is C=Cc1cc2c(cc1-c1cc3cc4c(cc3cn1)OCO4)OCO2. The summed E-state index contributed by atoms with van der Waals surface area (Å²) in [6, 6.07) is 9.82. The molecule has 1 aromatic heterocycles. The molecule has 0 atom stereocenters. The Morgan fingerprint density at radius 2 is 1.42 bits per heavy atom. The molecule has 2 aliphatic rings. The quantitative estimate of drug-likeness (QED) is 0.714. The molecule has 5 heteroatoms. The number of rotatable bonds is 2. The smallest absolute Gasteiger partial charge is 0.231 e. The minimum absolute atomic E-state index is 0.240. The van der Waals surface area contributed by atoms with E-state index in [-0.39, 0.29) is 13.6 Å². The minimum Gasteiger partial charge on any atom is -0.454 e. The van der Waals surface area contributed by atoms with Gasteiger partial charge in [-0.3, -0.25) is 4.98 Å². The molecule has 3 aromatic rings. The van der Waals surface area contributed by atoms with E-state index in [1.165, 1.54) is 0 Å². The highest BCUT2D eigenvalue weighted by Crippen LogP contribution is 2.40. The van der Waals surface area contributed by atoms with Crippen molar-refractivity contribution in [2.45, 2.75) is 0 Å². The van der Waals surface area contributed by atoms with Crippen LogP contribution in [0.2, 0.25) is 0 Å². The molecule has 0 fully saturated rings. The highest BCUT2D eigenvalue weighted by Gasteiger charge is 2.19. The van der Waals surface area contributed by atoms with Gasteiger partial charge in [0.25, 0.3) is 0 Å². The molecule has 0 spiro atoms. The second-order valence-electron chi connectivity index (χ2n) is 5.62. The van der Waals surface area contributed by atoms with Gasteiger partial charge in [0.15, 0.2) is 23.0 Å². The zero-order chi connectivity index (χ0) is 16.1. The Labute approximate surface area is 138 Å². The van der Waals surface area contributed by atoms with Gasteiger partial charge in [-0.25, -0.2) is 0 Å². The lowest BCUT2D eigenvalue weighted by Crippen LogP contribution is -1.92. The van der Waals surface area contributed by atoms with Crippen molar-refractivity contribution in [2.75, 3.05) is 13.6 Å². The third-order valence-corrected chi connectivity index (χ3v) is 4.25. The normalized spacial score (nSPS) is 14.2. The summed E-state index contributed by atoms with van der Waals surface area (Å²) in [5.41, 5.74) is 2.75. The van der Waals surface area contributed by atoms with Gasteiger partial charge in [0, 0.05) is 17.1 Å². The van der Waals surface area contributed by atoms with Crippen molar-refractivity contribution in [1.29, 1.82) is 0 Å². The Morgan fingerprint density at radius 1 is 0.792 bits per heavy atom. The average Bonchev–Trinajstić information content (AvgIpc) is 3.26. The third-order valence-electron chi connectivity index (χ3n) is 4.25. The zero-order valence-corrected chi connectivity index (χ0v) is 12.7. The van der Waals surface area contributed by atoms with Gasteiger partial charge in [-0.05, 0) is 41.3 Å². The molecular weight excluding hydrogens is 306 g/mol. The highest BCUT2D eigenvalue weighted by molar-refractivity contribution is 5.89. The van der Waals surface area contributed by atoms with Gasteiger partial charge in [-0.2, -0.15) is 0 Å². The molecule has 118 valence electrons. The maximum absolute atomic E-state index is 5.49. The average molecular weight is 319 g/mol. The molecule has 2 aliphatic heterocycles. The first-order valence-corrected chi connectivity index (χ1v) is 7.58. The van der Waals surface area contributed by atoms with Crippen molar-refractivity contribution >= 4 is 16.8 Å². The fraction of sp³-hybridized carbons (Fsp3) is 0.105. The summed E-state index contributed by atoms with van der Waals surface area (Å²) in [6.45, 7) is 4.39. The molecule has 2 aromatic carbocycles. The van der Waals surface area contributed by atoms with Crippen LogP contribution in [0.4, 0.5) is 0 Å². The van der Waals surface area contributed by atoms with E-state index in [2.05, 4.69) is 11.6 Å². The van der Waals surface area contributed by atoms with E-state index in [0.717, 1.165) is 50.6 Å². The largest absolute Gasteiger partial charge is 0.454 e. The van der Waals surface area contributed by atoms with E-state index < -0.39 is 0 Å². The third kappa shape index (κ3) is 1.91. The number of hydrogen-bond donors (Lipinski definition) is 0. The second-order valence-corrected chi connectivity index (χ2v) is 5.62. The lowest BCUT2D eigenvalue weighted by atomic mass is 10.0. The van der Waals surface area contributed by atoms with Crippen LogP contribution in [0.1, 0.15) is 5.56 Å². The standard InChI is InChI=1S/C19H13NO4/c1-2-11-4-16-19(24-10-21-16)7-14(11)15-3-12-5-17-18(23-9-22-17)6-13(12)8-20-15/h2-8H,1,9-10H2. The Balaban J connectivity index is 1.69. The highest BCUT2D eigenvalue weighted by atomic mass is 16.7. The van der Waals surface area contributed by atoms with Crippen LogP contribution >= 0.6 is 0 Å². The van der Waals surface area contributed by atoms with E-state index in [4.69, 9.17) is 18.9 Å². The maximum Gasteiger partial charge on any atom is 0.231 e. The fourth-order valence-corrected chi connectivity index (χ4v) is 3.03. The first-order chi connectivity index (χ1) is 11.8. The summed E-state index contributed by atoms with van der Waals surface area (Å²) in [4.78, 5) is 4.60. The molecule has 0 saturated heterocycles. The van der Waals surface area contributed by atoms with Crippen molar-refractivity contribution in [3.8, 4) is 34.3 Å². The number of fused-ring (bicyclic) bond motifs is 3. The van der Waals surface area contributed by atoms with Gasteiger partial charge in [0.1, 0.15) is 0 Å². The van der Waals surface area contributed by atoms with Crippen molar-refractivity contribution in [3.63, 3.8) is 0 Å². The molecule has 0 aliphatic carbocycles. The molecule has 0 radical (unpaired) electrons. The topological polar surface area (TPSA) is 49.8 Å². The van der Waals surface area contributed by atoms with Gasteiger partial charge in [0.2, 0.25) is 13.6 Å². The number of ether oxygens (including phenoxy) is 4. The van der Waals surface area contributed by atoms with Crippen LogP contribution in [-0.2, 0) is 0 Å². The molecule has 0 amide bonds. The Hall–Kier alpha value is -3.21. The van der Waals surface area contributed by atoms with E-state index in [0.29, 0.717) is 0 Å². The summed E-state index contributed by atoms with van der Waals surface area (Å²) in [7, 11) is 0. The molecule has 3 heterocycles. The maximum atomic E-state index is 5.49. The second kappa shape index (κ2) is 4.89. The first kappa shape index (κ1) is 13.2. The molecule has 0 N–H and O–H groups in total. The van der Waals surface area contributed by atoms with Crippen LogP contribution in [-0.4, -0.2) is 18.6 Å². The molecule has 5 nitrogen and oxygen atoms in total. The van der Waals surface area contributed by atoms with Crippen LogP contribution in [0, 0.1) is 0 Å². The van der Waals surface area contributed by atoms with Gasteiger partial charge < -0.3 is 18.9 Å². The van der Waals surface area contributed by atoms with Gasteiger partial charge >= 0.3 is 0 Å². The van der Waals surface area contributed by atoms with Crippen LogP contribution in [0.25, 0.3) is 28.1 Å². The zero-order valence-electron chi connectivity index (χ0n) is 12.7. The number of benzene rings is 2. The molecule has 0 unspecified atom stereocenters. The van der Waals surface area contributed by atoms with E-state index in [9.17, 15) is 0 Å². The molecule has 0 bridgehead atoms.